The summed E-state index contributed by atoms with van der Waals surface area (Å²) in [6.07, 6.45) is 1.08. The molecule has 4 nitrogen and oxygen atoms in total. The van der Waals surface area contributed by atoms with Crippen LogP contribution in [0.4, 0.5) is 0 Å². The van der Waals surface area contributed by atoms with E-state index in [1.165, 1.54) is 11.1 Å². The summed E-state index contributed by atoms with van der Waals surface area (Å²) in [7, 11) is 0. The van der Waals surface area contributed by atoms with Crippen LogP contribution in [0.3, 0.4) is 0 Å². The minimum Gasteiger partial charge on any atom is -0.370 e. The summed E-state index contributed by atoms with van der Waals surface area (Å²) in [6.45, 7) is 7.45. The summed E-state index contributed by atoms with van der Waals surface area (Å²) in [5.74, 6) is 0.0895. The molecule has 2 rings (SSSR count). The van der Waals surface area contributed by atoms with Crippen LogP contribution in [0, 0.1) is 6.92 Å². The van der Waals surface area contributed by atoms with Gasteiger partial charge in [-0.1, -0.05) is 36.8 Å². The van der Waals surface area contributed by atoms with Crippen LogP contribution in [0.25, 0.3) is 0 Å². The predicted octanol–water partition coefficient (Wildman–Crippen LogP) is 1.89. The first-order valence-corrected chi connectivity index (χ1v) is 7.36. The largest absolute Gasteiger partial charge is 0.370 e. The van der Waals surface area contributed by atoms with Crippen molar-refractivity contribution in [3.63, 3.8) is 0 Å². The van der Waals surface area contributed by atoms with E-state index in [-0.39, 0.29) is 18.6 Å². The fraction of sp³-hybridized carbons (Fsp3) is 0.562. The zero-order valence-corrected chi connectivity index (χ0v) is 12.4. The molecule has 1 aliphatic rings. The van der Waals surface area contributed by atoms with Gasteiger partial charge in [-0.3, -0.25) is 4.79 Å². The lowest BCUT2D eigenvalue weighted by molar-refractivity contribution is -0.143. The Balaban J connectivity index is 2.06. The highest BCUT2D eigenvalue weighted by molar-refractivity contribution is 5.78. The number of aryl methyl sites for hydroxylation is 1. The van der Waals surface area contributed by atoms with Gasteiger partial charge in [-0.25, -0.2) is 0 Å². The Morgan fingerprint density at radius 3 is 2.75 bits per heavy atom. The molecular formula is C16H24N2O2. The highest BCUT2D eigenvalue weighted by Crippen LogP contribution is 2.16. The van der Waals surface area contributed by atoms with Gasteiger partial charge >= 0.3 is 0 Å². The Morgan fingerprint density at radius 2 is 2.10 bits per heavy atom. The predicted molar refractivity (Wildman–Crippen MR) is 79.6 cm³/mol. The maximum Gasteiger partial charge on any atom is 0.248 e. The Kier molecular flexibility index (Phi) is 5.56. The molecule has 110 valence electrons. The molecule has 1 aromatic rings. The monoisotopic (exact) mass is 276 g/mol. The van der Waals surface area contributed by atoms with Crippen LogP contribution >= 0.6 is 0 Å². The van der Waals surface area contributed by atoms with E-state index in [1.807, 2.05) is 4.90 Å². The number of hydrogen-bond donors (Lipinski definition) is 1. The van der Waals surface area contributed by atoms with Crippen molar-refractivity contribution < 1.29 is 9.53 Å². The van der Waals surface area contributed by atoms with Gasteiger partial charge in [-0.2, -0.15) is 0 Å². The van der Waals surface area contributed by atoms with E-state index in [1.54, 1.807) is 0 Å². The topological polar surface area (TPSA) is 41.6 Å². The molecule has 1 aliphatic heterocycles. The molecule has 1 N–H and O–H groups in total. The number of rotatable bonds is 6. The molecule has 0 aromatic heterocycles. The van der Waals surface area contributed by atoms with E-state index in [2.05, 4.69) is 43.4 Å². The first-order chi connectivity index (χ1) is 9.70. The van der Waals surface area contributed by atoms with Gasteiger partial charge in [0.25, 0.3) is 0 Å². The summed E-state index contributed by atoms with van der Waals surface area (Å²) in [6, 6.07) is 8.73. The summed E-state index contributed by atoms with van der Waals surface area (Å²) < 4.78 is 5.18. The minimum atomic E-state index is 0.0895. The van der Waals surface area contributed by atoms with E-state index in [9.17, 15) is 4.79 Å². The molecule has 0 saturated carbocycles. The fourth-order valence-corrected chi connectivity index (χ4v) is 2.37. The first kappa shape index (κ1) is 15.0. The average Bonchev–Trinajstić information content (AvgIpc) is 2.46. The third-order valence-corrected chi connectivity index (χ3v) is 3.61. The molecule has 0 spiro atoms. The molecule has 0 radical (unpaired) electrons. The van der Waals surface area contributed by atoms with Crippen LogP contribution in [0.2, 0.25) is 0 Å². The molecule has 20 heavy (non-hydrogen) atoms. The Hall–Kier alpha value is -1.39. The zero-order valence-electron chi connectivity index (χ0n) is 12.4. The standard InChI is InChI=1S/C16H24N2O2/c1-3-8-17-15(14-6-4-13(2)5-7-14)11-18-9-10-20-12-16(18)19/h4-7,15,17H,3,8-12H2,1-2H3. The summed E-state index contributed by atoms with van der Waals surface area (Å²) in [4.78, 5) is 13.8. The molecule has 1 fully saturated rings. The van der Waals surface area contributed by atoms with E-state index >= 15 is 0 Å². The smallest absolute Gasteiger partial charge is 0.248 e. The lowest BCUT2D eigenvalue weighted by Gasteiger charge is -2.31. The van der Waals surface area contributed by atoms with Gasteiger partial charge in [0.2, 0.25) is 5.91 Å². The summed E-state index contributed by atoms with van der Waals surface area (Å²) in [5.41, 5.74) is 2.49. The molecule has 1 saturated heterocycles. The van der Waals surface area contributed by atoms with Crippen LogP contribution in [-0.4, -0.2) is 43.7 Å². The quantitative estimate of drug-likeness (QED) is 0.863. The van der Waals surface area contributed by atoms with Gasteiger partial charge in [0.15, 0.2) is 0 Å². The lowest BCUT2D eigenvalue weighted by atomic mass is 10.0. The van der Waals surface area contributed by atoms with Gasteiger partial charge in [-0.05, 0) is 25.5 Å². The molecule has 0 aliphatic carbocycles. The second-order valence-electron chi connectivity index (χ2n) is 5.31. The number of amides is 1. The summed E-state index contributed by atoms with van der Waals surface area (Å²) >= 11 is 0. The van der Waals surface area contributed by atoms with Gasteiger partial charge in [0.05, 0.1) is 6.61 Å². The van der Waals surface area contributed by atoms with Crippen molar-refractivity contribution in [2.75, 3.05) is 32.8 Å². The molecule has 1 amide bonds. The Labute approximate surface area is 121 Å². The number of nitrogens with zero attached hydrogens (tertiary/aromatic N) is 1. The number of morpholine rings is 1. The molecular weight excluding hydrogens is 252 g/mol. The van der Waals surface area contributed by atoms with Crippen molar-refractivity contribution in [1.29, 1.82) is 0 Å². The minimum absolute atomic E-state index is 0.0895. The van der Waals surface area contributed by atoms with E-state index in [0.717, 1.165) is 13.0 Å². The highest BCUT2D eigenvalue weighted by Gasteiger charge is 2.22. The van der Waals surface area contributed by atoms with Crippen molar-refractivity contribution in [3.8, 4) is 0 Å². The number of benzene rings is 1. The van der Waals surface area contributed by atoms with Crippen molar-refractivity contribution in [3.05, 3.63) is 35.4 Å². The number of hydrogen-bond acceptors (Lipinski definition) is 3. The Bertz CT molecular complexity index is 431. The maximum absolute atomic E-state index is 11.9. The molecule has 1 heterocycles. The fourth-order valence-electron chi connectivity index (χ4n) is 2.37. The second kappa shape index (κ2) is 7.41. The van der Waals surface area contributed by atoms with Gasteiger partial charge < -0.3 is 15.0 Å². The van der Waals surface area contributed by atoms with Crippen molar-refractivity contribution in [2.45, 2.75) is 26.3 Å². The van der Waals surface area contributed by atoms with Crippen molar-refractivity contribution in [1.82, 2.24) is 10.2 Å². The summed E-state index contributed by atoms with van der Waals surface area (Å²) in [5, 5.41) is 3.54. The van der Waals surface area contributed by atoms with Crippen LogP contribution in [-0.2, 0) is 9.53 Å². The molecule has 1 aromatic carbocycles. The van der Waals surface area contributed by atoms with Crippen LogP contribution in [0.1, 0.15) is 30.5 Å². The molecule has 0 bridgehead atoms. The average molecular weight is 276 g/mol. The molecule has 1 unspecified atom stereocenters. The number of nitrogens with one attached hydrogen (secondary N) is 1. The van der Waals surface area contributed by atoms with Gasteiger partial charge in [-0.15, -0.1) is 0 Å². The third kappa shape index (κ3) is 4.05. The van der Waals surface area contributed by atoms with Crippen LogP contribution < -0.4 is 5.32 Å². The lowest BCUT2D eigenvalue weighted by Crippen LogP contribution is -2.45. The normalized spacial score (nSPS) is 17.3. The second-order valence-corrected chi connectivity index (χ2v) is 5.31. The first-order valence-electron chi connectivity index (χ1n) is 7.36. The van der Waals surface area contributed by atoms with E-state index < -0.39 is 0 Å². The maximum atomic E-state index is 11.9. The third-order valence-electron chi connectivity index (χ3n) is 3.61. The number of carbonyl (C=O) groups is 1. The van der Waals surface area contributed by atoms with Crippen molar-refractivity contribution in [2.24, 2.45) is 0 Å². The highest BCUT2D eigenvalue weighted by atomic mass is 16.5. The molecule has 4 heteroatoms. The zero-order chi connectivity index (χ0) is 14.4. The van der Waals surface area contributed by atoms with Crippen molar-refractivity contribution >= 4 is 5.91 Å². The van der Waals surface area contributed by atoms with Gasteiger partial charge in [0, 0.05) is 19.1 Å². The SMILES string of the molecule is CCCNC(CN1CCOCC1=O)c1ccc(C)cc1. The number of carbonyl (C=O) groups excluding carboxylic acids is 1. The number of ether oxygens (including phenoxy) is 1. The van der Waals surface area contributed by atoms with Crippen LogP contribution in [0.15, 0.2) is 24.3 Å². The molecule has 1 atom stereocenters. The van der Waals surface area contributed by atoms with Crippen LogP contribution in [0.5, 0.6) is 0 Å². The van der Waals surface area contributed by atoms with Gasteiger partial charge in [0.1, 0.15) is 6.61 Å². The van der Waals surface area contributed by atoms with E-state index in [0.29, 0.717) is 19.7 Å². The Morgan fingerprint density at radius 1 is 1.35 bits per heavy atom. The van der Waals surface area contributed by atoms with E-state index in [4.69, 9.17) is 4.74 Å².